The minimum Gasteiger partial charge on any atom is -0.391 e. The third kappa shape index (κ3) is 5.70. The number of aryl methyl sites for hydroxylation is 1. The number of anilines is 2. The molecule has 0 saturated heterocycles. The average Bonchev–Trinajstić information content (AvgIpc) is 2.61. The Morgan fingerprint density at radius 2 is 1.87 bits per heavy atom. The number of hydrogen-bond acceptors (Lipinski definition) is 9. The number of hydrogen-bond donors (Lipinski definition) is 3. The van der Waals surface area contributed by atoms with Crippen LogP contribution in [0.15, 0.2) is 17.6 Å². The van der Waals surface area contributed by atoms with Crippen molar-refractivity contribution in [2.24, 2.45) is 0 Å². The van der Waals surface area contributed by atoms with Crippen molar-refractivity contribution in [1.82, 2.24) is 19.9 Å². The first kappa shape index (κ1) is 19.2. The Balaban J connectivity index is 0.000000231. The quantitative estimate of drug-likeness (QED) is 0.423. The van der Waals surface area contributed by atoms with Crippen LogP contribution in [0.3, 0.4) is 0 Å². The van der Waals surface area contributed by atoms with Gasteiger partial charge in [0.1, 0.15) is 17.5 Å². The van der Waals surface area contributed by atoms with Crippen LogP contribution in [0.5, 0.6) is 0 Å². The van der Waals surface area contributed by atoms with E-state index in [4.69, 9.17) is 17.3 Å². The van der Waals surface area contributed by atoms with Crippen LogP contribution in [0, 0.1) is 6.92 Å². The van der Waals surface area contributed by atoms with Gasteiger partial charge in [0.2, 0.25) is 0 Å². The van der Waals surface area contributed by atoms with E-state index in [-0.39, 0.29) is 6.61 Å². The van der Waals surface area contributed by atoms with E-state index in [1.165, 1.54) is 11.8 Å². The lowest BCUT2D eigenvalue weighted by atomic mass is 10.3. The van der Waals surface area contributed by atoms with Crippen LogP contribution in [0.25, 0.3) is 0 Å². The van der Waals surface area contributed by atoms with Gasteiger partial charge in [-0.3, -0.25) is 0 Å². The zero-order valence-electron chi connectivity index (χ0n) is 13.5. The topological polar surface area (TPSA) is 95.9 Å². The Hall–Kier alpha value is -1.84. The maximum Gasteiger partial charge on any atom is 0.189 e. The fourth-order valence-corrected chi connectivity index (χ4v) is 2.10. The summed E-state index contributed by atoms with van der Waals surface area (Å²) in [6, 6.07) is 0. The summed E-state index contributed by atoms with van der Waals surface area (Å²) in [5.74, 6) is 2.22. The Morgan fingerprint density at radius 3 is 2.39 bits per heavy atom. The van der Waals surface area contributed by atoms with Crippen LogP contribution >= 0.6 is 24.0 Å². The molecular formula is C14H20N6OS2. The van der Waals surface area contributed by atoms with E-state index in [1.807, 2.05) is 20.2 Å². The largest absolute Gasteiger partial charge is 0.391 e. The van der Waals surface area contributed by atoms with Crippen molar-refractivity contribution in [3.8, 4) is 0 Å². The molecule has 0 unspecified atom stereocenters. The second-order valence-corrected chi connectivity index (χ2v) is 5.24. The van der Waals surface area contributed by atoms with Crippen LogP contribution < -0.4 is 10.6 Å². The molecule has 0 atom stereocenters. The fourth-order valence-electron chi connectivity index (χ4n) is 1.59. The summed E-state index contributed by atoms with van der Waals surface area (Å²) in [5, 5.41) is 17.0. The van der Waals surface area contributed by atoms with Crippen LogP contribution in [0.4, 0.5) is 11.6 Å². The van der Waals surface area contributed by atoms with Gasteiger partial charge >= 0.3 is 0 Å². The first-order valence-electron chi connectivity index (χ1n) is 6.74. The molecule has 0 aliphatic carbocycles. The molecule has 0 saturated carbocycles. The van der Waals surface area contributed by atoms with Crippen molar-refractivity contribution < 1.29 is 5.11 Å². The molecule has 124 valence electrons. The molecular weight excluding hydrogens is 332 g/mol. The number of aliphatic hydroxyl groups excluding tert-OH is 1. The number of nitrogens with zero attached hydrogens (tertiary/aromatic N) is 4. The lowest BCUT2D eigenvalue weighted by Crippen LogP contribution is -2.01. The molecule has 0 bridgehead atoms. The molecule has 3 N–H and O–H groups in total. The highest BCUT2D eigenvalue weighted by molar-refractivity contribution is 7.98. The standard InChI is InChI=1S/C7H11N3OS.C7H9N3S/c1-8-6-5(4-11)3-9-7(10-6)12-2;1-5-9-3-6(4-11)7(8-2)10-5/h3,11H,4H2,1-2H3,(H,8,9,10);3-4H,1-2H3,(H,8,9,10). The van der Waals surface area contributed by atoms with Crippen LogP contribution in [-0.4, -0.2) is 50.8 Å². The Morgan fingerprint density at radius 1 is 1.17 bits per heavy atom. The van der Waals surface area contributed by atoms with Gasteiger partial charge in [-0.2, -0.15) is 0 Å². The van der Waals surface area contributed by atoms with Gasteiger partial charge in [-0.15, -0.1) is 0 Å². The Bertz CT molecular complexity index is 653. The second-order valence-electron chi connectivity index (χ2n) is 4.23. The summed E-state index contributed by atoms with van der Waals surface area (Å²) in [4.78, 5) is 16.3. The third-order valence-electron chi connectivity index (χ3n) is 2.73. The zero-order valence-corrected chi connectivity index (χ0v) is 15.1. The van der Waals surface area contributed by atoms with Crippen molar-refractivity contribution in [1.29, 1.82) is 0 Å². The minimum atomic E-state index is -0.0369. The van der Waals surface area contributed by atoms with E-state index >= 15 is 0 Å². The molecule has 0 spiro atoms. The molecule has 0 aliphatic heterocycles. The third-order valence-corrected chi connectivity index (χ3v) is 3.55. The molecule has 2 aromatic rings. The zero-order chi connectivity index (χ0) is 17.2. The maximum absolute atomic E-state index is 8.89. The van der Waals surface area contributed by atoms with Crippen LogP contribution in [-0.2, 0) is 6.61 Å². The van der Waals surface area contributed by atoms with E-state index in [2.05, 4.69) is 30.6 Å². The lowest BCUT2D eigenvalue weighted by Gasteiger charge is -2.05. The van der Waals surface area contributed by atoms with Gasteiger partial charge in [-0.05, 0) is 13.2 Å². The van der Waals surface area contributed by atoms with Crippen LogP contribution in [0.2, 0.25) is 0 Å². The van der Waals surface area contributed by atoms with Gasteiger partial charge in [0.25, 0.3) is 0 Å². The smallest absolute Gasteiger partial charge is 0.189 e. The number of nitrogens with one attached hydrogen (secondary N) is 2. The van der Waals surface area contributed by atoms with E-state index < -0.39 is 0 Å². The van der Waals surface area contributed by atoms with E-state index in [1.54, 1.807) is 24.8 Å². The fraction of sp³-hybridized carbons (Fsp3) is 0.357. The van der Waals surface area contributed by atoms with Gasteiger partial charge in [0.05, 0.1) is 6.61 Å². The summed E-state index contributed by atoms with van der Waals surface area (Å²) in [6.45, 7) is 1.80. The summed E-state index contributed by atoms with van der Waals surface area (Å²) in [5.41, 5.74) is 1.57. The van der Waals surface area contributed by atoms with Gasteiger partial charge in [-0.25, -0.2) is 19.9 Å². The SMILES string of the molecule is CNc1nc(C)ncc1C=S.CNc1nc(SC)ncc1CO. The number of thioether (sulfide) groups is 1. The normalized spacial score (nSPS) is 9.61. The molecule has 2 rings (SSSR count). The molecule has 7 nitrogen and oxygen atoms in total. The van der Waals surface area contributed by atoms with Crippen molar-refractivity contribution >= 4 is 41.0 Å². The van der Waals surface area contributed by atoms with Gasteiger partial charge in [0, 0.05) is 43.0 Å². The van der Waals surface area contributed by atoms with Crippen molar-refractivity contribution in [3.05, 3.63) is 29.3 Å². The molecule has 0 aromatic carbocycles. The minimum absolute atomic E-state index is 0.0369. The predicted molar refractivity (Wildman–Crippen MR) is 98.4 cm³/mol. The van der Waals surface area contributed by atoms with Gasteiger partial charge in [0.15, 0.2) is 5.16 Å². The molecule has 2 heterocycles. The predicted octanol–water partition coefficient (Wildman–Crippen LogP) is 1.91. The molecule has 9 heteroatoms. The molecule has 2 aromatic heterocycles. The number of thiocarbonyl (C=S) groups is 1. The number of aliphatic hydroxyl groups is 1. The Kier molecular flexibility index (Phi) is 8.38. The van der Waals surface area contributed by atoms with E-state index in [0.29, 0.717) is 11.0 Å². The molecule has 23 heavy (non-hydrogen) atoms. The monoisotopic (exact) mass is 352 g/mol. The van der Waals surface area contributed by atoms with Crippen molar-refractivity contribution in [2.45, 2.75) is 18.7 Å². The number of rotatable bonds is 5. The van der Waals surface area contributed by atoms with E-state index in [0.717, 1.165) is 22.8 Å². The van der Waals surface area contributed by atoms with Gasteiger partial charge < -0.3 is 15.7 Å². The van der Waals surface area contributed by atoms with Crippen LogP contribution in [0.1, 0.15) is 17.0 Å². The molecule has 0 fully saturated rings. The highest BCUT2D eigenvalue weighted by atomic mass is 32.2. The Labute approximate surface area is 145 Å². The second kappa shape index (κ2) is 10.0. The maximum atomic E-state index is 8.89. The molecule has 0 radical (unpaired) electrons. The first-order chi connectivity index (χ1) is 11.1. The van der Waals surface area contributed by atoms with E-state index in [9.17, 15) is 0 Å². The summed E-state index contributed by atoms with van der Waals surface area (Å²) >= 11 is 6.24. The van der Waals surface area contributed by atoms with Gasteiger partial charge in [-0.1, -0.05) is 24.0 Å². The average molecular weight is 352 g/mol. The lowest BCUT2D eigenvalue weighted by molar-refractivity contribution is 0.281. The summed E-state index contributed by atoms with van der Waals surface area (Å²) in [6.07, 6.45) is 5.25. The highest BCUT2D eigenvalue weighted by Crippen LogP contribution is 2.15. The summed E-state index contributed by atoms with van der Waals surface area (Å²) < 4.78 is 0. The summed E-state index contributed by atoms with van der Waals surface area (Å²) in [7, 11) is 3.58. The molecule has 0 aliphatic rings. The molecule has 0 amide bonds. The number of aromatic nitrogens is 4. The van der Waals surface area contributed by atoms with Crippen molar-refractivity contribution in [3.63, 3.8) is 0 Å². The van der Waals surface area contributed by atoms with Crippen molar-refractivity contribution in [2.75, 3.05) is 31.0 Å². The first-order valence-corrected chi connectivity index (χ1v) is 8.44. The highest BCUT2D eigenvalue weighted by Gasteiger charge is 2.03.